The highest BCUT2D eigenvalue weighted by Crippen LogP contribution is 2.12. The summed E-state index contributed by atoms with van der Waals surface area (Å²) >= 11 is 0. The zero-order valence-electron chi connectivity index (χ0n) is 12.9. The average Bonchev–Trinajstić information content (AvgIpc) is 2.49. The first-order valence-corrected chi connectivity index (χ1v) is 8.83. The molecule has 5 heteroatoms. The molecule has 1 N–H and O–H groups in total. The molecule has 22 heavy (non-hydrogen) atoms. The van der Waals surface area contributed by atoms with Crippen molar-refractivity contribution in [3.8, 4) is 5.75 Å². The number of rotatable bonds is 7. The molecule has 0 saturated carbocycles. The van der Waals surface area contributed by atoms with Crippen molar-refractivity contribution in [1.82, 2.24) is 4.98 Å². The lowest BCUT2D eigenvalue weighted by atomic mass is 10.1. The van der Waals surface area contributed by atoms with Gasteiger partial charge in [-0.05, 0) is 24.5 Å². The summed E-state index contributed by atoms with van der Waals surface area (Å²) in [5, 5.41) is 0. The minimum atomic E-state index is -1.06. The Hall–Kier alpha value is -1.88. The SMILES string of the molecule is CCCOc1c[nH]c(CS(=O)Cc2ccccc2C)cc1=O. The van der Waals surface area contributed by atoms with E-state index in [9.17, 15) is 9.00 Å². The molecule has 1 heterocycles. The summed E-state index contributed by atoms with van der Waals surface area (Å²) in [5.74, 6) is 1.13. The molecule has 118 valence electrons. The van der Waals surface area contributed by atoms with Gasteiger partial charge in [-0.15, -0.1) is 0 Å². The van der Waals surface area contributed by atoms with E-state index >= 15 is 0 Å². The van der Waals surface area contributed by atoms with Crippen molar-refractivity contribution in [2.24, 2.45) is 0 Å². The Labute approximate surface area is 133 Å². The van der Waals surface area contributed by atoms with Crippen molar-refractivity contribution in [3.05, 3.63) is 63.6 Å². The van der Waals surface area contributed by atoms with E-state index in [0.717, 1.165) is 17.5 Å². The van der Waals surface area contributed by atoms with E-state index < -0.39 is 10.8 Å². The van der Waals surface area contributed by atoms with Gasteiger partial charge in [-0.25, -0.2) is 0 Å². The van der Waals surface area contributed by atoms with E-state index in [0.29, 0.717) is 29.6 Å². The van der Waals surface area contributed by atoms with Gasteiger partial charge in [0.25, 0.3) is 0 Å². The smallest absolute Gasteiger partial charge is 0.223 e. The van der Waals surface area contributed by atoms with Crippen molar-refractivity contribution in [1.29, 1.82) is 0 Å². The standard InChI is InChI=1S/C17H21NO3S/c1-3-8-21-17-10-18-15(9-16(17)19)12-22(20)11-14-7-5-4-6-13(14)2/h4-7,9-10H,3,8,11-12H2,1-2H3,(H,18,19). The quantitative estimate of drug-likeness (QED) is 0.853. The molecule has 2 aromatic rings. The number of benzene rings is 1. The lowest BCUT2D eigenvalue weighted by molar-refractivity contribution is 0.313. The van der Waals surface area contributed by atoms with Gasteiger partial charge >= 0.3 is 0 Å². The third kappa shape index (κ3) is 4.56. The second-order valence-corrected chi connectivity index (χ2v) is 6.65. The van der Waals surface area contributed by atoms with Crippen molar-refractivity contribution >= 4 is 10.8 Å². The zero-order chi connectivity index (χ0) is 15.9. The topological polar surface area (TPSA) is 59.2 Å². The van der Waals surface area contributed by atoms with Crippen LogP contribution >= 0.6 is 0 Å². The maximum Gasteiger partial charge on any atom is 0.223 e. The molecule has 1 atom stereocenters. The maximum absolute atomic E-state index is 12.3. The number of hydrogen-bond acceptors (Lipinski definition) is 3. The molecule has 0 saturated heterocycles. The molecular weight excluding hydrogens is 298 g/mol. The minimum absolute atomic E-state index is 0.171. The van der Waals surface area contributed by atoms with Crippen LogP contribution in [-0.4, -0.2) is 15.8 Å². The first-order valence-electron chi connectivity index (χ1n) is 7.34. The monoisotopic (exact) mass is 319 g/mol. The van der Waals surface area contributed by atoms with Gasteiger partial charge in [-0.2, -0.15) is 0 Å². The number of pyridine rings is 1. The summed E-state index contributed by atoms with van der Waals surface area (Å²) in [4.78, 5) is 14.9. The minimum Gasteiger partial charge on any atom is -0.488 e. The third-order valence-corrected chi connectivity index (χ3v) is 4.56. The highest BCUT2D eigenvalue weighted by Gasteiger charge is 2.08. The molecule has 0 aliphatic carbocycles. The van der Waals surface area contributed by atoms with E-state index in [2.05, 4.69) is 4.98 Å². The summed E-state index contributed by atoms with van der Waals surface area (Å²) in [7, 11) is -1.06. The van der Waals surface area contributed by atoms with Crippen LogP contribution < -0.4 is 10.2 Å². The van der Waals surface area contributed by atoms with E-state index in [4.69, 9.17) is 4.74 Å². The molecule has 1 aromatic heterocycles. The van der Waals surface area contributed by atoms with E-state index in [1.165, 1.54) is 6.07 Å². The van der Waals surface area contributed by atoms with Crippen LogP contribution in [0.4, 0.5) is 0 Å². The molecule has 4 nitrogen and oxygen atoms in total. The first-order chi connectivity index (χ1) is 10.6. The Kier molecular flexibility index (Phi) is 5.95. The van der Waals surface area contributed by atoms with Crippen LogP contribution in [0.3, 0.4) is 0 Å². The van der Waals surface area contributed by atoms with Crippen LogP contribution in [-0.2, 0) is 22.3 Å². The van der Waals surface area contributed by atoms with Crippen molar-refractivity contribution in [2.75, 3.05) is 6.61 Å². The number of aromatic nitrogens is 1. The highest BCUT2D eigenvalue weighted by molar-refractivity contribution is 7.83. The normalized spacial score (nSPS) is 12.1. The fraction of sp³-hybridized carbons (Fsp3) is 0.353. The van der Waals surface area contributed by atoms with Gasteiger partial charge in [-0.3, -0.25) is 9.00 Å². The molecule has 0 bridgehead atoms. The first kappa shape index (κ1) is 16.5. The zero-order valence-corrected chi connectivity index (χ0v) is 13.7. The predicted octanol–water partition coefficient (Wildman–Crippen LogP) is 2.92. The van der Waals surface area contributed by atoms with Crippen LogP contribution in [0.25, 0.3) is 0 Å². The number of nitrogens with one attached hydrogen (secondary N) is 1. The second-order valence-electron chi connectivity index (χ2n) is 5.19. The molecular formula is C17H21NO3S. The summed E-state index contributed by atoms with van der Waals surface area (Å²) in [6.07, 6.45) is 2.40. The van der Waals surface area contributed by atoms with Gasteiger partial charge in [0.15, 0.2) is 5.75 Å². The van der Waals surface area contributed by atoms with Crippen LogP contribution in [0, 0.1) is 6.92 Å². The second kappa shape index (κ2) is 7.94. The Balaban J connectivity index is 2.01. The largest absolute Gasteiger partial charge is 0.488 e. The van der Waals surface area contributed by atoms with E-state index in [-0.39, 0.29) is 5.43 Å². The van der Waals surface area contributed by atoms with Gasteiger partial charge in [0.2, 0.25) is 5.43 Å². The molecule has 2 rings (SSSR count). The number of H-pyrrole nitrogens is 1. The van der Waals surface area contributed by atoms with Crippen LogP contribution in [0.5, 0.6) is 5.75 Å². The molecule has 0 amide bonds. The summed E-state index contributed by atoms with van der Waals surface area (Å²) in [6, 6.07) is 9.38. The maximum atomic E-state index is 12.3. The van der Waals surface area contributed by atoms with Gasteiger partial charge in [0.05, 0.1) is 12.4 Å². The Bertz CT molecular complexity index is 709. The molecule has 0 radical (unpaired) electrons. The number of ether oxygens (including phenoxy) is 1. The summed E-state index contributed by atoms with van der Waals surface area (Å²) in [5.41, 5.74) is 2.70. The van der Waals surface area contributed by atoms with Gasteiger partial charge in [0, 0.05) is 34.5 Å². The average molecular weight is 319 g/mol. The number of hydrogen-bond donors (Lipinski definition) is 1. The lowest BCUT2D eigenvalue weighted by Crippen LogP contribution is -2.11. The van der Waals surface area contributed by atoms with E-state index in [1.807, 2.05) is 38.1 Å². The Morgan fingerprint density at radius 3 is 2.68 bits per heavy atom. The Morgan fingerprint density at radius 1 is 1.23 bits per heavy atom. The van der Waals surface area contributed by atoms with Crippen molar-refractivity contribution in [3.63, 3.8) is 0 Å². The van der Waals surface area contributed by atoms with Crippen LogP contribution in [0.2, 0.25) is 0 Å². The third-order valence-electron chi connectivity index (χ3n) is 3.29. The number of aryl methyl sites for hydroxylation is 1. The molecule has 1 aromatic carbocycles. The van der Waals surface area contributed by atoms with Gasteiger partial charge in [0.1, 0.15) is 0 Å². The fourth-order valence-electron chi connectivity index (χ4n) is 2.08. The van der Waals surface area contributed by atoms with Crippen LogP contribution in [0.1, 0.15) is 30.2 Å². The van der Waals surface area contributed by atoms with Crippen molar-refractivity contribution < 1.29 is 8.95 Å². The van der Waals surface area contributed by atoms with Crippen molar-refractivity contribution in [2.45, 2.75) is 31.8 Å². The molecule has 0 aliphatic rings. The van der Waals surface area contributed by atoms with Crippen LogP contribution in [0.15, 0.2) is 41.3 Å². The molecule has 0 aliphatic heterocycles. The summed E-state index contributed by atoms with van der Waals surface area (Å²) in [6.45, 7) is 4.51. The highest BCUT2D eigenvalue weighted by atomic mass is 32.2. The lowest BCUT2D eigenvalue weighted by Gasteiger charge is -2.07. The number of aromatic amines is 1. The fourth-order valence-corrected chi connectivity index (χ4v) is 3.36. The summed E-state index contributed by atoms with van der Waals surface area (Å²) < 4.78 is 17.6. The van der Waals surface area contributed by atoms with Gasteiger partial charge in [-0.1, -0.05) is 31.2 Å². The Morgan fingerprint density at radius 2 is 2.00 bits per heavy atom. The predicted molar refractivity (Wildman–Crippen MR) is 89.6 cm³/mol. The molecule has 1 unspecified atom stereocenters. The molecule has 0 spiro atoms. The van der Waals surface area contributed by atoms with Gasteiger partial charge < -0.3 is 9.72 Å². The molecule has 0 fully saturated rings. The van der Waals surface area contributed by atoms with E-state index in [1.54, 1.807) is 6.20 Å².